The Morgan fingerprint density at radius 3 is 2.86 bits per heavy atom. The van der Waals surface area contributed by atoms with Crippen LogP contribution in [0.15, 0.2) is 58.2 Å². The third-order valence-electron chi connectivity index (χ3n) is 4.00. The zero-order valence-corrected chi connectivity index (χ0v) is 11.3. The molecule has 5 aromatic rings. The first-order chi connectivity index (χ1) is 10.8. The van der Waals surface area contributed by atoms with Gasteiger partial charge in [0.05, 0.1) is 21.9 Å². The van der Waals surface area contributed by atoms with Crippen molar-refractivity contribution in [3.05, 3.63) is 59.4 Å². The molecule has 104 valence electrons. The summed E-state index contributed by atoms with van der Waals surface area (Å²) in [6.45, 7) is 0. The van der Waals surface area contributed by atoms with Gasteiger partial charge in [-0.2, -0.15) is 0 Å². The van der Waals surface area contributed by atoms with E-state index < -0.39 is 0 Å². The van der Waals surface area contributed by atoms with Crippen molar-refractivity contribution in [1.29, 1.82) is 0 Å². The van der Waals surface area contributed by atoms with E-state index in [0.29, 0.717) is 10.9 Å². The Balaban J connectivity index is 2.21. The topological polar surface area (TPSA) is 71.8 Å². The molecule has 22 heavy (non-hydrogen) atoms. The molecule has 1 aromatic carbocycles. The molecule has 0 aliphatic rings. The first-order valence-electron chi connectivity index (χ1n) is 6.89. The van der Waals surface area contributed by atoms with Crippen LogP contribution in [0.1, 0.15) is 0 Å². The van der Waals surface area contributed by atoms with Gasteiger partial charge in [0.1, 0.15) is 11.8 Å². The second-order valence-electron chi connectivity index (χ2n) is 5.20. The predicted molar refractivity (Wildman–Crippen MR) is 84.9 cm³/mol. The van der Waals surface area contributed by atoms with Gasteiger partial charge in [0.2, 0.25) is 0 Å². The number of H-pyrrole nitrogens is 1. The highest BCUT2D eigenvalue weighted by atomic mass is 16.4. The van der Waals surface area contributed by atoms with E-state index in [1.54, 1.807) is 6.20 Å². The van der Waals surface area contributed by atoms with E-state index in [1.165, 1.54) is 6.26 Å². The van der Waals surface area contributed by atoms with Gasteiger partial charge in [-0.3, -0.25) is 4.98 Å². The highest BCUT2D eigenvalue weighted by Gasteiger charge is 2.13. The van der Waals surface area contributed by atoms with Crippen LogP contribution in [0.5, 0.6) is 0 Å². The maximum atomic E-state index is 11.8. The van der Waals surface area contributed by atoms with Crippen molar-refractivity contribution in [3.63, 3.8) is 0 Å². The van der Waals surface area contributed by atoms with E-state index in [9.17, 15) is 4.79 Å². The van der Waals surface area contributed by atoms with Gasteiger partial charge in [-0.15, -0.1) is 0 Å². The average Bonchev–Trinajstić information content (AvgIpc) is 2.94. The van der Waals surface area contributed by atoms with Crippen molar-refractivity contribution < 1.29 is 4.42 Å². The van der Waals surface area contributed by atoms with Crippen molar-refractivity contribution in [2.75, 3.05) is 0 Å². The van der Waals surface area contributed by atoms with E-state index in [1.807, 2.05) is 36.5 Å². The molecule has 0 aliphatic heterocycles. The van der Waals surface area contributed by atoms with Gasteiger partial charge in [0.25, 0.3) is 0 Å². The number of hydrogen-bond donors (Lipinski definition) is 1. The predicted octanol–water partition coefficient (Wildman–Crippen LogP) is 3.37. The number of nitrogens with zero attached hydrogens (tertiary/aromatic N) is 2. The summed E-state index contributed by atoms with van der Waals surface area (Å²) in [5, 5.41) is 3.33. The zero-order chi connectivity index (χ0) is 14.7. The quantitative estimate of drug-likeness (QED) is 0.443. The van der Waals surface area contributed by atoms with Crippen molar-refractivity contribution >= 4 is 43.6 Å². The van der Waals surface area contributed by atoms with E-state index >= 15 is 0 Å². The minimum atomic E-state index is -0.360. The number of furan rings is 1. The van der Waals surface area contributed by atoms with E-state index in [2.05, 4.69) is 15.0 Å². The third-order valence-corrected chi connectivity index (χ3v) is 4.00. The molecule has 1 N–H and O–H groups in total. The number of nitrogens with one attached hydrogen (secondary N) is 1. The van der Waals surface area contributed by atoms with Crippen LogP contribution in [0.3, 0.4) is 0 Å². The number of aromatic amines is 1. The molecular weight excluding hydrogens is 278 g/mol. The fourth-order valence-electron chi connectivity index (χ4n) is 3.02. The summed E-state index contributed by atoms with van der Waals surface area (Å²) >= 11 is 0. The van der Waals surface area contributed by atoms with Gasteiger partial charge >= 0.3 is 5.63 Å². The van der Waals surface area contributed by atoms with Gasteiger partial charge in [-0.25, -0.2) is 9.78 Å². The summed E-state index contributed by atoms with van der Waals surface area (Å²) in [5.74, 6) is 0. The zero-order valence-electron chi connectivity index (χ0n) is 11.3. The molecule has 5 nitrogen and oxygen atoms in total. The molecule has 0 bridgehead atoms. The van der Waals surface area contributed by atoms with Crippen LogP contribution in [0, 0.1) is 0 Å². The number of rotatable bonds is 0. The van der Waals surface area contributed by atoms with E-state index in [4.69, 9.17) is 4.42 Å². The Bertz CT molecular complexity index is 1250. The number of aromatic nitrogens is 3. The molecule has 0 amide bonds. The minimum Gasteiger partial charge on any atom is -0.429 e. The van der Waals surface area contributed by atoms with Crippen LogP contribution in [-0.4, -0.2) is 15.0 Å². The molecule has 0 fully saturated rings. The normalized spacial score (nSPS) is 11.8. The lowest BCUT2D eigenvalue weighted by Crippen LogP contribution is -1.94. The van der Waals surface area contributed by atoms with E-state index in [-0.39, 0.29) is 5.63 Å². The lowest BCUT2D eigenvalue weighted by atomic mass is 10.0. The fourth-order valence-corrected chi connectivity index (χ4v) is 3.02. The lowest BCUT2D eigenvalue weighted by Gasteiger charge is -2.08. The van der Waals surface area contributed by atoms with Crippen LogP contribution in [-0.2, 0) is 0 Å². The summed E-state index contributed by atoms with van der Waals surface area (Å²) in [6, 6.07) is 9.65. The molecule has 5 rings (SSSR count). The summed E-state index contributed by atoms with van der Waals surface area (Å²) < 4.78 is 4.97. The number of pyridine rings is 3. The Hall–Kier alpha value is -3.21. The Morgan fingerprint density at radius 2 is 1.91 bits per heavy atom. The molecule has 0 spiro atoms. The van der Waals surface area contributed by atoms with Crippen LogP contribution in [0.4, 0.5) is 0 Å². The minimum absolute atomic E-state index is 0.360. The summed E-state index contributed by atoms with van der Waals surface area (Å²) in [4.78, 5) is 24.2. The Morgan fingerprint density at radius 1 is 1.00 bits per heavy atom. The largest absolute Gasteiger partial charge is 0.429 e. The number of fused-ring (bicyclic) bond motifs is 7. The number of hydrogen-bond acceptors (Lipinski definition) is 4. The Labute approximate surface area is 123 Å². The fraction of sp³-hybridized carbons (Fsp3) is 0. The SMILES string of the molecule is O=c1occ2nc3c(cc12)c1cccnc1c1[nH]cccc31. The van der Waals surface area contributed by atoms with Crippen LogP contribution in [0.25, 0.3) is 43.6 Å². The van der Waals surface area contributed by atoms with Crippen molar-refractivity contribution in [2.24, 2.45) is 0 Å². The first-order valence-corrected chi connectivity index (χ1v) is 6.89. The molecule has 4 heterocycles. The van der Waals surface area contributed by atoms with Crippen molar-refractivity contribution in [2.45, 2.75) is 0 Å². The number of benzene rings is 1. The third kappa shape index (κ3) is 1.34. The van der Waals surface area contributed by atoms with Crippen molar-refractivity contribution in [1.82, 2.24) is 15.0 Å². The van der Waals surface area contributed by atoms with E-state index in [0.717, 1.165) is 32.7 Å². The molecule has 0 saturated heterocycles. The summed E-state index contributed by atoms with van der Waals surface area (Å²) in [6.07, 6.45) is 5.04. The average molecular weight is 287 g/mol. The second-order valence-corrected chi connectivity index (χ2v) is 5.20. The molecule has 0 atom stereocenters. The Kier molecular flexibility index (Phi) is 2.04. The van der Waals surface area contributed by atoms with Gasteiger partial charge in [-0.05, 0) is 24.3 Å². The molecule has 0 radical (unpaired) electrons. The summed E-state index contributed by atoms with van der Waals surface area (Å²) in [7, 11) is 0. The van der Waals surface area contributed by atoms with Gasteiger partial charge in [-0.1, -0.05) is 6.07 Å². The van der Waals surface area contributed by atoms with Gasteiger partial charge < -0.3 is 9.40 Å². The summed E-state index contributed by atoms with van der Waals surface area (Å²) in [5.41, 5.74) is 2.85. The first kappa shape index (κ1) is 11.4. The highest BCUT2D eigenvalue weighted by Crippen LogP contribution is 2.32. The maximum Gasteiger partial charge on any atom is 0.345 e. The second kappa shape index (κ2) is 3.92. The van der Waals surface area contributed by atoms with Crippen LogP contribution in [0.2, 0.25) is 0 Å². The van der Waals surface area contributed by atoms with Crippen LogP contribution >= 0.6 is 0 Å². The smallest absolute Gasteiger partial charge is 0.345 e. The van der Waals surface area contributed by atoms with Crippen LogP contribution < -0.4 is 5.63 Å². The molecule has 4 aromatic heterocycles. The standard InChI is InChI=1S/C17H9N3O2/c21-17-12-7-11-9-3-1-5-18-15(9)16-10(4-2-6-19-16)14(11)20-13(12)8-22-17/h1-8,19H. The lowest BCUT2D eigenvalue weighted by molar-refractivity contribution is 0.534. The molecule has 0 unspecified atom stereocenters. The highest BCUT2D eigenvalue weighted by molar-refractivity contribution is 6.23. The molecular formula is C17H9N3O2. The van der Waals surface area contributed by atoms with Crippen molar-refractivity contribution in [3.8, 4) is 0 Å². The maximum absolute atomic E-state index is 11.8. The monoisotopic (exact) mass is 287 g/mol. The molecule has 0 saturated carbocycles. The van der Waals surface area contributed by atoms with Gasteiger partial charge in [0, 0.05) is 28.6 Å². The van der Waals surface area contributed by atoms with Gasteiger partial charge in [0.15, 0.2) is 0 Å². The molecule has 0 aliphatic carbocycles. The molecule has 5 heteroatoms.